The van der Waals surface area contributed by atoms with Crippen LogP contribution in [0.3, 0.4) is 0 Å². The number of rotatable bonds is 7. The second-order valence-corrected chi connectivity index (χ2v) is 6.35. The lowest BCUT2D eigenvalue weighted by molar-refractivity contribution is 0.297. The van der Waals surface area contributed by atoms with Gasteiger partial charge in [0, 0.05) is 19.1 Å². The summed E-state index contributed by atoms with van der Waals surface area (Å²) >= 11 is 0. The van der Waals surface area contributed by atoms with Gasteiger partial charge in [0.15, 0.2) is 0 Å². The lowest BCUT2D eigenvalue weighted by atomic mass is 9.89. The highest BCUT2D eigenvalue weighted by Gasteiger charge is 2.28. The van der Waals surface area contributed by atoms with Gasteiger partial charge < -0.3 is 10.6 Å². The molecule has 0 spiro atoms. The molecule has 0 radical (unpaired) electrons. The molecule has 1 aliphatic carbocycles. The molecular formula is C14H30N2. The Hall–Kier alpha value is -0.0800. The fourth-order valence-electron chi connectivity index (χ4n) is 2.49. The van der Waals surface area contributed by atoms with Crippen LogP contribution in [0.15, 0.2) is 0 Å². The Morgan fingerprint density at radius 2 is 1.69 bits per heavy atom. The number of hydrogen-bond donors (Lipinski definition) is 2. The van der Waals surface area contributed by atoms with Gasteiger partial charge in [-0.05, 0) is 37.6 Å². The first-order chi connectivity index (χ1) is 7.52. The lowest BCUT2D eigenvalue weighted by Crippen LogP contribution is -2.41. The van der Waals surface area contributed by atoms with E-state index in [9.17, 15) is 0 Å². The van der Waals surface area contributed by atoms with Gasteiger partial charge in [-0.2, -0.15) is 0 Å². The normalized spacial score (nSPS) is 21.6. The molecule has 2 heteroatoms. The molecule has 0 aliphatic heterocycles. The van der Waals surface area contributed by atoms with Crippen LogP contribution in [-0.2, 0) is 0 Å². The van der Waals surface area contributed by atoms with Gasteiger partial charge in [-0.3, -0.25) is 0 Å². The molecule has 1 saturated carbocycles. The van der Waals surface area contributed by atoms with Gasteiger partial charge in [0.25, 0.3) is 0 Å². The van der Waals surface area contributed by atoms with Gasteiger partial charge in [0.1, 0.15) is 0 Å². The van der Waals surface area contributed by atoms with Crippen LogP contribution in [0.1, 0.15) is 53.4 Å². The van der Waals surface area contributed by atoms with E-state index in [2.05, 4.69) is 38.3 Å². The van der Waals surface area contributed by atoms with Gasteiger partial charge in [-0.25, -0.2) is 0 Å². The predicted molar refractivity (Wildman–Crippen MR) is 71.7 cm³/mol. The Labute approximate surface area is 102 Å². The van der Waals surface area contributed by atoms with Gasteiger partial charge >= 0.3 is 0 Å². The molecule has 0 amide bonds. The van der Waals surface area contributed by atoms with Crippen molar-refractivity contribution in [2.45, 2.75) is 59.4 Å². The summed E-state index contributed by atoms with van der Waals surface area (Å²) in [6.07, 6.45) is 5.68. The van der Waals surface area contributed by atoms with E-state index >= 15 is 0 Å². The van der Waals surface area contributed by atoms with E-state index in [0.29, 0.717) is 11.5 Å². The van der Waals surface area contributed by atoms with Crippen LogP contribution in [0.25, 0.3) is 0 Å². The standard InChI is InChI=1S/C14H30N2/c1-12(2)9-15-10-13(3)16-11-14(4)7-5-6-8-14/h12-13,15-16H,5-11H2,1-4H3. The van der Waals surface area contributed by atoms with Gasteiger partial charge in [-0.15, -0.1) is 0 Å². The molecule has 1 atom stereocenters. The van der Waals surface area contributed by atoms with Crippen molar-refractivity contribution in [2.24, 2.45) is 11.3 Å². The topological polar surface area (TPSA) is 24.1 Å². The zero-order valence-electron chi connectivity index (χ0n) is 11.6. The van der Waals surface area contributed by atoms with Gasteiger partial charge in [0.2, 0.25) is 0 Å². The molecule has 16 heavy (non-hydrogen) atoms. The van der Waals surface area contributed by atoms with Crippen LogP contribution in [0.5, 0.6) is 0 Å². The van der Waals surface area contributed by atoms with E-state index in [0.717, 1.165) is 19.0 Å². The van der Waals surface area contributed by atoms with Crippen molar-refractivity contribution >= 4 is 0 Å². The van der Waals surface area contributed by atoms with Crippen LogP contribution in [0.4, 0.5) is 0 Å². The second kappa shape index (κ2) is 6.61. The minimum atomic E-state index is 0.576. The molecule has 2 N–H and O–H groups in total. The maximum absolute atomic E-state index is 3.68. The van der Waals surface area contributed by atoms with E-state index in [1.54, 1.807) is 0 Å². The Kier molecular flexibility index (Phi) is 5.77. The predicted octanol–water partition coefficient (Wildman–Crippen LogP) is 2.79. The Balaban J connectivity index is 2.07. The molecule has 1 rings (SSSR count). The summed E-state index contributed by atoms with van der Waals surface area (Å²) in [4.78, 5) is 0. The van der Waals surface area contributed by atoms with Crippen molar-refractivity contribution in [3.05, 3.63) is 0 Å². The molecule has 0 saturated heterocycles. The van der Waals surface area contributed by atoms with E-state index in [1.807, 2.05) is 0 Å². The fraction of sp³-hybridized carbons (Fsp3) is 1.00. The highest BCUT2D eigenvalue weighted by molar-refractivity contribution is 4.83. The first kappa shape index (κ1) is 14.0. The molecule has 0 heterocycles. The minimum Gasteiger partial charge on any atom is -0.315 e. The number of nitrogens with one attached hydrogen (secondary N) is 2. The monoisotopic (exact) mass is 226 g/mol. The first-order valence-electron chi connectivity index (χ1n) is 6.96. The maximum Gasteiger partial charge on any atom is 0.0164 e. The van der Waals surface area contributed by atoms with Crippen molar-refractivity contribution < 1.29 is 0 Å². The molecule has 0 bridgehead atoms. The van der Waals surface area contributed by atoms with Crippen molar-refractivity contribution in [1.29, 1.82) is 0 Å². The molecular weight excluding hydrogens is 196 g/mol. The molecule has 1 unspecified atom stereocenters. The highest BCUT2D eigenvalue weighted by Crippen LogP contribution is 2.36. The smallest absolute Gasteiger partial charge is 0.0164 e. The zero-order valence-corrected chi connectivity index (χ0v) is 11.6. The van der Waals surface area contributed by atoms with E-state index in [-0.39, 0.29) is 0 Å². The zero-order chi connectivity index (χ0) is 12.0. The average molecular weight is 226 g/mol. The largest absolute Gasteiger partial charge is 0.315 e. The second-order valence-electron chi connectivity index (χ2n) is 6.35. The van der Waals surface area contributed by atoms with Gasteiger partial charge in [0.05, 0.1) is 0 Å². The van der Waals surface area contributed by atoms with E-state index in [4.69, 9.17) is 0 Å². The Morgan fingerprint density at radius 1 is 1.06 bits per heavy atom. The van der Waals surface area contributed by atoms with Crippen molar-refractivity contribution in [3.8, 4) is 0 Å². The quantitative estimate of drug-likeness (QED) is 0.697. The summed E-state index contributed by atoms with van der Waals surface area (Å²) in [6, 6.07) is 0.594. The molecule has 0 aromatic heterocycles. The Bertz CT molecular complexity index is 183. The minimum absolute atomic E-state index is 0.576. The van der Waals surface area contributed by atoms with Crippen molar-refractivity contribution in [2.75, 3.05) is 19.6 Å². The van der Waals surface area contributed by atoms with Gasteiger partial charge in [-0.1, -0.05) is 33.6 Å². The molecule has 0 aromatic rings. The fourth-order valence-corrected chi connectivity index (χ4v) is 2.49. The summed E-state index contributed by atoms with van der Waals surface area (Å²) in [6.45, 7) is 12.6. The third-order valence-electron chi connectivity index (χ3n) is 3.69. The summed E-state index contributed by atoms with van der Waals surface area (Å²) in [5.74, 6) is 0.750. The van der Waals surface area contributed by atoms with Crippen LogP contribution in [0, 0.1) is 11.3 Å². The van der Waals surface area contributed by atoms with Crippen LogP contribution in [-0.4, -0.2) is 25.7 Å². The molecule has 1 aliphatic rings. The summed E-state index contributed by atoms with van der Waals surface area (Å²) in [5, 5.41) is 7.19. The summed E-state index contributed by atoms with van der Waals surface area (Å²) < 4.78 is 0. The summed E-state index contributed by atoms with van der Waals surface area (Å²) in [5.41, 5.74) is 0.576. The first-order valence-corrected chi connectivity index (χ1v) is 6.96. The van der Waals surface area contributed by atoms with Crippen molar-refractivity contribution in [1.82, 2.24) is 10.6 Å². The molecule has 0 aromatic carbocycles. The van der Waals surface area contributed by atoms with E-state index < -0.39 is 0 Å². The average Bonchev–Trinajstić information content (AvgIpc) is 2.62. The Morgan fingerprint density at radius 3 is 2.25 bits per heavy atom. The molecule has 2 nitrogen and oxygen atoms in total. The molecule has 1 fully saturated rings. The lowest BCUT2D eigenvalue weighted by Gasteiger charge is -2.26. The van der Waals surface area contributed by atoms with Crippen LogP contribution >= 0.6 is 0 Å². The van der Waals surface area contributed by atoms with Crippen molar-refractivity contribution in [3.63, 3.8) is 0 Å². The van der Waals surface area contributed by atoms with E-state index in [1.165, 1.54) is 32.2 Å². The number of hydrogen-bond acceptors (Lipinski definition) is 2. The summed E-state index contributed by atoms with van der Waals surface area (Å²) in [7, 11) is 0. The third kappa shape index (κ3) is 5.31. The third-order valence-corrected chi connectivity index (χ3v) is 3.69. The molecule has 96 valence electrons. The van der Waals surface area contributed by atoms with Crippen LogP contribution < -0.4 is 10.6 Å². The SMILES string of the molecule is CC(C)CNCC(C)NCC1(C)CCCC1. The highest BCUT2D eigenvalue weighted by atomic mass is 15.0. The maximum atomic E-state index is 3.68. The van der Waals surface area contributed by atoms with Crippen LogP contribution in [0.2, 0.25) is 0 Å².